The van der Waals surface area contributed by atoms with Crippen molar-refractivity contribution in [1.29, 1.82) is 0 Å². The van der Waals surface area contributed by atoms with Crippen molar-refractivity contribution in [1.82, 2.24) is 9.88 Å². The summed E-state index contributed by atoms with van der Waals surface area (Å²) in [6.07, 6.45) is 8.74. The third-order valence-corrected chi connectivity index (χ3v) is 5.61. The maximum Gasteiger partial charge on any atom is 0.246 e. The van der Waals surface area contributed by atoms with Gasteiger partial charge in [-0.2, -0.15) is 0 Å². The number of rotatable bonds is 4. The standard InChI is InChI=1S/C16H26N4OS/c17-16(7-3-1-4-8-16)14(21)19-15-18-13(12-22-15)11-20-9-5-2-6-10-20/h12H,1-11,17H2,(H,18,19,21). The summed E-state index contributed by atoms with van der Waals surface area (Å²) >= 11 is 1.50. The van der Waals surface area contributed by atoms with Crippen LogP contribution in [0.25, 0.3) is 0 Å². The van der Waals surface area contributed by atoms with Gasteiger partial charge in [0.1, 0.15) is 0 Å². The number of amides is 1. The van der Waals surface area contributed by atoms with Crippen LogP contribution < -0.4 is 11.1 Å². The molecule has 0 bridgehead atoms. The molecule has 22 heavy (non-hydrogen) atoms. The largest absolute Gasteiger partial charge is 0.317 e. The molecule has 1 aliphatic heterocycles. The Labute approximate surface area is 136 Å². The van der Waals surface area contributed by atoms with Crippen molar-refractivity contribution < 1.29 is 4.79 Å². The van der Waals surface area contributed by atoms with Crippen LogP contribution in [0, 0.1) is 0 Å². The average Bonchev–Trinajstić information content (AvgIpc) is 2.96. The van der Waals surface area contributed by atoms with Gasteiger partial charge >= 0.3 is 0 Å². The highest BCUT2D eigenvalue weighted by atomic mass is 32.1. The SMILES string of the molecule is NC1(C(=O)Nc2nc(CN3CCCCC3)cs2)CCCCC1. The number of likely N-dealkylation sites (tertiary alicyclic amines) is 1. The molecule has 2 fully saturated rings. The molecule has 2 aliphatic rings. The summed E-state index contributed by atoms with van der Waals surface area (Å²) in [4.78, 5) is 19.4. The zero-order chi connectivity index (χ0) is 15.4. The second kappa shape index (κ2) is 7.06. The van der Waals surface area contributed by atoms with Gasteiger partial charge in [0.2, 0.25) is 5.91 Å². The summed E-state index contributed by atoms with van der Waals surface area (Å²) in [5.41, 5.74) is 6.62. The summed E-state index contributed by atoms with van der Waals surface area (Å²) in [6, 6.07) is 0. The van der Waals surface area contributed by atoms with Crippen LogP contribution in [0.5, 0.6) is 0 Å². The third kappa shape index (κ3) is 3.86. The quantitative estimate of drug-likeness (QED) is 0.894. The topological polar surface area (TPSA) is 71.2 Å². The second-order valence-electron chi connectivity index (χ2n) is 6.65. The normalized spacial score (nSPS) is 22.4. The molecule has 1 aliphatic carbocycles. The number of nitrogens with two attached hydrogens (primary N) is 1. The Kier molecular flexibility index (Phi) is 5.10. The number of nitrogens with one attached hydrogen (secondary N) is 1. The summed E-state index contributed by atoms with van der Waals surface area (Å²) in [7, 11) is 0. The van der Waals surface area contributed by atoms with Crippen molar-refractivity contribution in [2.45, 2.75) is 63.5 Å². The lowest BCUT2D eigenvalue weighted by atomic mass is 9.82. The van der Waals surface area contributed by atoms with Gasteiger partial charge in [0.05, 0.1) is 11.2 Å². The summed E-state index contributed by atoms with van der Waals surface area (Å²) in [5, 5.41) is 5.67. The maximum atomic E-state index is 12.4. The first-order chi connectivity index (χ1) is 10.7. The van der Waals surface area contributed by atoms with Gasteiger partial charge in [0, 0.05) is 11.9 Å². The van der Waals surface area contributed by atoms with E-state index in [0.29, 0.717) is 5.13 Å². The highest BCUT2D eigenvalue weighted by molar-refractivity contribution is 7.13. The van der Waals surface area contributed by atoms with Gasteiger partial charge in [0.25, 0.3) is 0 Å². The maximum absolute atomic E-state index is 12.4. The van der Waals surface area contributed by atoms with Crippen molar-refractivity contribution in [2.75, 3.05) is 18.4 Å². The minimum absolute atomic E-state index is 0.0638. The number of piperidine rings is 1. The molecule has 0 aromatic carbocycles. The Morgan fingerprint density at radius 2 is 1.91 bits per heavy atom. The number of carbonyl (C=O) groups excluding carboxylic acids is 1. The molecule has 1 aromatic rings. The number of aromatic nitrogens is 1. The molecule has 1 saturated heterocycles. The number of hydrogen-bond acceptors (Lipinski definition) is 5. The smallest absolute Gasteiger partial charge is 0.246 e. The Balaban J connectivity index is 1.55. The van der Waals surface area contributed by atoms with E-state index < -0.39 is 5.54 Å². The lowest BCUT2D eigenvalue weighted by Crippen LogP contribution is -2.52. The van der Waals surface area contributed by atoms with Crippen LogP contribution in [-0.4, -0.2) is 34.4 Å². The predicted molar refractivity (Wildman–Crippen MR) is 89.9 cm³/mol. The molecule has 0 radical (unpaired) electrons. The van der Waals surface area contributed by atoms with E-state index in [1.54, 1.807) is 0 Å². The van der Waals surface area contributed by atoms with Gasteiger partial charge in [-0.15, -0.1) is 11.3 Å². The highest BCUT2D eigenvalue weighted by Gasteiger charge is 2.35. The van der Waals surface area contributed by atoms with Crippen LogP contribution in [-0.2, 0) is 11.3 Å². The average molecular weight is 322 g/mol. The lowest BCUT2D eigenvalue weighted by Gasteiger charge is -2.31. The number of hydrogen-bond donors (Lipinski definition) is 2. The second-order valence-corrected chi connectivity index (χ2v) is 7.51. The van der Waals surface area contributed by atoms with Crippen molar-refractivity contribution in [3.05, 3.63) is 11.1 Å². The van der Waals surface area contributed by atoms with Crippen molar-refractivity contribution in [2.24, 2.45) is 5.73 Å². The fraction of sp³-hybridized carbons (Fsp3) is 0.750. The molecule has 6 heteroatoms. The Hall–Kier alpha value is -0.980. The molecule has 0 atom stereocenters. The minimum Gasteiger partial charge on any atom is -0.317 e. The monoisotopic (exact) mass is 322 g/mol. The first-order valence-electron chi connectivity index (χ1n) is 8.43. The number of thiazole rings is 1. The van der Waals surface area contributed by atoms with Crippen LogP contribution in [0.3, 0.4) is 0 Å². The lowest BCUT2D eigenvalue weighted by molar-refractivity contribution is -0.122. The van der Waals surface area contributed by atoms with E-state index in [1.807, 2.05) is 5.38 Å². The van der Waals surface area contributed by atoms with Gasteiger partial charge in [-0.3, -0.25) is 9.69 Å². The fourth-order valence-electron chi connectivity index (χ4n) is 3.41. The van der Waals surface area contributed by atoms with Crippen LogP contribution in [0.4, 0.5) is 5.13 Å². The zero-order valence-electron chi connectivity index (χ0n) is 13.1. The molecule has 1 aromatic heterocycles. The zero-order valence-corrected chi connectivity index (χ0v) is 14.0. The van der Waals surface area contributed by atoms with E-state index >= 15 is 0 Å². The summed E-state index contributed by atoms with van der Waals surface area (Å²) < 4.78 is 0. The van der Waals surface area contributed by atoms with Gasteiger partial charge in [-0.25, -0.2) is 4.98 Å². The van der Waals surface area contributed by atoms with Crippen LogP contribution in [0.2, 0.25) is 0 Å². The molecule has 3 rings (SSSR count). The first kappa shape index (κ1) is 15.9. The molecule has 2 heterocycles. The molecule has 122 valence electrons. The number of carbonyl (C=O) groups is 1. The summed E-state index contributed by atoms with van der Waals surface area (Å²) in [5.74, 6) is -0.0638. The Bertz CT molecular complexity index is 504. The Morgan fingerprint density at radius 1 is 1.23 bits per heavy atom. The van der Waals surface area contributed by atoms with Crippen molar-refractivity contribution in [3.63, 3.8) is 0 Å². The van der Waals surface area contributed by atoms with Crippen LogP contribution in [0.15, 0.2) is 5.38 Å². The molecule has 0 spiro atoms. The van der Waals surface area contributed by atoms with Crippen LogP contribution >= 0.6 is 11.3 Å². The number of nitrogens with zero attached hydrogens (tertiary/aromatic N) is 2. The van der Waals surface area contributed by atoms with Gasteiger partial charge in [0.15, 0.2) is 5.13 Å². The third-order valence-electron chi connectivity index (χ3n) is 4.80. The first-order valence-corrected chi connectivity index (χ1v) is 9.31. The van der Waals surface area contributed by atoms with Gasteiger partial charge in [-0.05, 0) is 38.8 Å². The highest BCUT2D eigenvalue weighted by Crippen LogP contribution is 2.28. The Morgan fingerprint density at radius 3 is 2.64 bits per heavy atom. The van der Waals surface area contributed by atoms with E-state index in [1.165, 1.54) is 37.0 Å². The van der Waals surface area contributed by atoms with E-state index in [9.17, 15) is 4.79 Å². The van der Waals surface area contributed by atoms with Crippen LogP contribution in [0.1, 0.15) is 57.1 Å². The van der Waals surface area contributed by atoms with E-state index in [2.05, 4.69) is 15.2 Å². The van der Waals surface area contributed by atoms with Gasteiger partial charge in [-0.1, -0.05) is 25.7 Å². The molecular weight excluding hydrogens is 296 g/mol. The van der Waals surface area contributed by atoms with Crippen molar-refractivity contribution >= 4 is 22.4 Å². The van der Waals surface area contributed by atoms with Gasteiger partial charge < -0.3 is 11.1 Å². The molecule has 5 nitrogen and oxygen atoms in total. The molecular formula is C16H26N4OS. The summed E-state index contributed by atoms with van der Waals surface area (Å²) in [6.45, 7) is 3.20. The van der Waals surface area contributed by atoms with Crippen molar-refractivity contribution in [3.8, 4) is 0 Å². The predicted octanol–water partition coefficient (Wildman–Crippen LogP) is 2.73. The van der Waals surface area contributed by atoms with E-state index in [4.69, 9.17) is 5.73 Å². The minimum atomic E-state index is -0.697. The number of anilines is 1. The molecule has 1 saturated carbocycles. The van der Waals surface area contributed by atoms with E-state index in [0.717, 1.165) is 51.0 Å². The molecule has 3 N–H and O–H groups in total. The fourth-order valence-corrected chi connectivity index (χ4v) is 4.11. The molecule has 1 amide bonds. The van der Waals surface area contributed by atoms with E-state index in [-0.39, 0.29) is 5.91 Å². The molecule has 0 unspecified atom stereocenters.